The van der Waals surface area contributed by atoms with Gasteiger partial charge < -0.3 is 9.47 Å². The predicted molar refractivity (Wildman–Crippen MR) is 81.9 cm³/mol. The third-order valence-corrected chi connectivity index (χ3v) is 5.01. The molecule has 0 aliphatic carbocycles. The van der Waals surface area contributed by atoms with Crippen molar-refractivity contribution in [1.82, 2.24) is 20.1 Å². The molecule has 21 heavy (non-hydrogen) atoms. The van der Waals surface area contributed by atoms with Crippen molar-refractivity contribution in [2.75, 3.05) is 26.3 Å². The van der Waals surface area contributed by atoms with Gasteiger partial charge >= 0.3 is 0 Å². The van der Waals surface area contributed by atoms with Crippen molar-refractivity contribution in [3.05, 3.63) is 21.1 Å². The largest absolute Gasteiger partial charge is 0.469 e. The zero-order valence-corrected chi connectivity index (χ0v) is 13.7. The summed E-state index contributed by atoms with van der Waals surface area (Å²) in [6.45, 7) is 7.84. The number of rotatable bonds is 5. The molecule has 2 aromatic rings. The van der Waals surface area contributed by atoms with Crippen LogP contribution >= 0.6 is 22.7 Å². The van der Waals surface area contributed by atoms with Gasteiger partial charge in [0, 0.05) is 24.2 Å². The first kappa shape index (κ1) is 14.8. The number of thiazole rings is 1. The van der Waals surface area contributed by atoms with E-state index in [2.05, 4.69) is 25.5 Å². The molecule has 8 heteroatoms. The number of morpholine rings is 1. The number of ether oxygens (including phenoxy) is 2. The molecule has 0 amide bonds. The van der Waals surface area contributed by atoms with Crippen LogP contribution in [-0.4, -0.2) is 46.4 Å². The monoisotopic (exact) mass is 326 g/mol. The molecule has 2 aromatic heterocycles. The van der Waals surface area contributed by atoms with Crippen LogP contribution in [0.3, 0.4) is 0 Å². The Labute approximate surface area is 131 Å². The minimum atomic E-state index is 0.0664. The first-order valence-corrected chi connectivity index (χ1v) is 8.65. The molecule has 0 bridgehead atoms. The fourth-order valence-electron chi connectivity index (χ4n) is 2.19. The molecule has 114 valence electrons. The molecule has 1 atom stereocenters. The first-order valence-electron chi connectivity index (χ1n) is 6.95. The molecule has 3 rings (SSSR count). The molecule has 3 heterocycles. The van der Waals surface area contributed by atoms with Crippen LogP contribution in [0.5, 0.6) is 5.19 Å². The summed E-state index contributed by atoms with van der Waals surface area (Å²) in [7, 11) is 0. The van der Waals surface area contributed by atoms with Gasteiger partial charge in [0.2, 0.25) is 0 Å². The van der Waals surface area contributed by atoms with Crippen molar-refractivity contribution in [2.24, 2.45) is 0 Å². The smallest absolute Gasteiger partial charge is 0.294 e. The lowest BCUT2D eigenvalue weighted by Gasteiger charge is -2.31. The molecule has 1 fully saturated rings. The lowest BCUT2D eigenvalue weighted by molar-refractivity contribution is -0.0331. The van der Waals surface area contributed by atoms with Gasteiger partial charge in [0.15, 0.2) is 0 Å². The predicted octanol–water partition coefficient (Wildman–Crippen LogP) is 2.28. The van der Waals surface area contributed by atoms with Gasteiger partial charge in [0.25, 0.3) is 5.19 Å². The van der Waals surface area contributed by atoms with Gasteiger partial charge in [-0.1, -0.05) is 11.3 Å². The summed E-state index contributed by atoms with van der Waals surface area (Å²) in [5.41, 5.74) is 1.06. The molecule has 0 unspecified atom stereocenters. The van der Waals surface area contributed by atoms with Crippen LogP contribution in [0.2, 0.25) is 0 Å². The summed E-state index contributed by atoms with van der Waals surface area (Å²) in [5.74, 6) is 0. The van der Waals surface area contributed by atoms with E-state index in [0.29, 0.717) is 11.8 Å². The molecule has 1 saturated heterocycles. The molecule has 0 aromatic carbocycles. The van der Waals surface area contributed by atoms with E-state index in [1.54, 1.807) is 11.3 Å². The summed E-state index contributed by atoms with van der Waals surface area (Å²) < 4.78 is 11.2. The topological polar surface area (TPSA) is 60.4 Å². The summed E-state index contributed by atoms with van der Waals surface area (Å²) in [6, 6.07) is 0. The van der Waals surface area contributed by atoms with Gasteiger partial charge in [0.05, 0.1) is 19.8 Å². The van der Waals surface area contributed by atoms with E-state index in [-0.39, 0.29) is 6.10 Å². The fraction of sp³-hybridized carbons (Fsp3) is 0.615. The second-order valence-corrected chi connectivity index (χ2v) is 6.73. The lowest BCUT2D eigenvalue weighted by Crippen LogP contribution is -2.37. The zero-order chi connectivity index (χ0) is 14.7. The van der Waals surface area contributed by atoms with Gasteiger partial charge in [-0.15, -0.1) is 21.5 Å². The number of hydrogen-bond acceptors (Lipinski definition) is 8. The van der Waals surface area contributed by atoms with Gasteiger partial charge in [-0.25, -0.2) is 4.98 Å². The first-order chi connectivity index (χ1) is 10.2. The maximum Gasteiger partial charge on any atom is 0.294 e. The molecule has 6 nitrogen and oxygen atoms in total. The third kappa shape index (κ3) is 3.76. The number of aromatic nitrogens is 3. The maximum absolute atomic E-state index is 5.84. The van der Waals surface area contributed by atoms with Crippen molar-refractivity contribution < 1.29 is 9.47 Å². The van der Waals surface area contributed by atoms with E-state index in [1.165, 1.54) is 11.3 Å². The van der Waals surface area contributed by atoms with E-state index in [9.17, 15) is 0 Å². The quantitative estimate of drug-likeness (QED) is 0.840. The summed E-state index contributed by atoms with van der Waals surface area (Å²) in [4.78, 5) is 6.86. The number of aryl methyl sites for hydroxylation is 1. The highest BCUT2D eigenvalue weighted by Crippen LogP contribution is 2.27. The second-order valence-electron chi connectivity index (χ2n) is 4.82. The Balaban J connectivity index is 1.60. The molecule has 0 saturated carbocycles. The van der Waals surface area contributed by atoms with Crippen molar-refractivity contribution in [3.63, 3.8) is 0 Å². The van der Waals surface area contributed by atoms with E-state index in [1.807, 2.05) is 13.8 Å². The van der Waals surface area contributed by atoms with Crippen LogP contribution in [0.1, 0.15) is 28.7 Å². The van der Waals surface area contributed by atoms with E-state index in [0.717, 1.165) is 42.0 Å². The van der Waals surface area contributed by atoms with Gasteiger partial charge in [-0.3, -0.25) is 4.90 Å². The van der Waals surface area contributed by atoms with Gasteiger partial charge in [0.1, 0.15) is 16.1 Å². The maximum atomic E-state index is 5.84. The highest BCUT2D eigenvalue weighted by Gasteiger charge is 2.25. The van der Waals surface area contributed by atoms with Crippen LogP contribution in [0.15, 0.2) is 5.38 Å². The van der Waals surface area contributed by atoms with Crippen molar-refractivity contribution in [3.8, 4) is 5.19 Å². The molecule has 0 N–H and O–H groups in total. The van der Waals surface area contributed by atoms with E-state index >= 15 is 0 Å². The zero-order valence-electron chi connectivity index (χ0n) is 12.1. The summed E-state index contributed by atoms with van der Waals surface area (Å²) in [5, 5.41) is 13.0. The van der Waals surface area contributed by atoms with E-state index < -0.39 is 0 Å². The van der Waals surface area contributed by atoms with Crippen LogP contribution in [0.4, 0.5) is 0 Å². The van der Waals surface area contributed by atoms with Gasteiger partial charge in [-0.2, -0.15) is 0 Å². The minimum absolute atomic E-state index is 0.0664. The average molecular weight is 326 g/mol. The SMILES string of the molecule is CCOc1nnc(CN2CCO[C@H](c3nc(C)cs3)C2)s1. The van der Waals surface area contributed by atoms with Crippen LogP contribution < -0.4 is 4.74 Å². The second kappa shape index (κ2) is 6.78. The molecular formula is C13H18N4O2S2. The fourth-order valence-corrected chi connectivity index (χ4v) is 3.81. The van der Waals surface area contributed by atoms with Crippen LogP contribution in [0.25, 0.3) is 0 Å². The molecule has 1 aliphatic rings. The normalized spacial score (nSPS) is 19.8. The molecule has 1 aliphatic heterocycles. The highest BCUT2D eigenvalue weighted by atomic mass is 32.1. The standard InChI is InChI=1S/C13H18N4O2S2/c1-3-18-13-16-15-11(21-13)7-17-4-5-19-10(6-17)12-14-9(2)8-20-12/h8,10H,3-7H2,1-2H3/t10-/m0/s1. The van der Waals surface area contributed by atoms with Crippen molar-refractivity contribution in [2.45, 2.75) is 26.5 Å². The van der Waals surface area contributed by atoms with Crippen LogP contribution in [-0.2, 0) is 11.3 Å². The van der Waals surface area contributed by atoms with E-state index in [4.69, 9.17) is 9.47 Å². The summed E-state index contributed by atoms with van der Waals surface area (Å²) in [6.07, 6.45) is 0.0664. The number of nitrogens with zero attached hydrogens (tertiary/aromatic N) is 4. The number of hydrogen-bond donors (Lipinski definition) is 0. The Morgan fingerprint density at radius 3 is 3.14 bits per heavy atom. The average Bonchev–Trinajstić information content (AvgIpc) is 3.09. The molecule has 0 radical (unpaired) electrons. The Morgan fingerprint density at radius 1 is 1.48 bits per heavy atom. The highest BCUT2D eigenvalue weighted by molar-refractivity contribution is 7.13. The minimum Gasteiger partial charge on any atom is -0.469 e. The Hall–Kier alpha value is -1.09. The van der Waals surface area contributed by atoms with Crippen molar-refractivity contribution >= 4 is 22.7 Å². The molecule has 0 spiro atoms. The summed E-state index contributed by atoms with van der Waals surface area (Å²) >= 11 is 3.18. The van der Waals surface area contributed by atoms with Crippen molar-refractivity contribution in [1.29, 1.82) is 0 Å². The Bertz CT molecular complexity index is 586. The van der Waals surface area contributed by atoms with Gasteiger partial charge in [-0.05, 0) is 13.8 Å². The Morgan fingerprint density at radius 2 is 2.38 bits per heavy atom. The molecular weight excluding hydrogens is 308 g/mol. The third-order valence-electron chi connectivity index (χ3n) is 3.14. The Kier molecular flexibility index (Phi) is 4.79. The lowest BCUT2D eigenvalue weighted by atomic mass is 10.3. The van der Waals surface area contributed by atoms with Crippen LogP contribution in [0, 0.1) is 6.92 Å².